The van der Waals surface area contributed by atoms with Crippen molar-refractivity contribution in [3.63, 3.8) is 0 Å². The highest BCUT2D eigenvalue weighted by atomic mass is 31.2. The average Bonchev–Trinajstić information content (AvgIpc) is 0.919. The third-order valence-corrected chi connectivity index (χ3v) is 20.9. The highest BCUT2D eigenvalue weighted by Crippen LogP contribution is 2.45. The number of rotatable bonds is 82. The number of phosphoric ester groups is 2. The quantitative estimate of drug-likeness (QED) is 0.0169. The molecule has 3 N–H and O–H groups in total. The number of ether oxygens (including phenoxy) is 4. The third-order valence-electron chi connectivity index (χ3n) is 19.0. The average molecular weight is 1490 g/mol. The first kappa shape index (κ1) is 99.5. The zero-order valence-corrected chi connectivity index (χ0v) is 67.9. The van der Waals surface area contributed by atoms with Crippen molar-refractivity contribution in [2.24, 2.45) is 0 Å². The molecule has 102 heavy (non-hydrogen) atoms. The van der Waals surface area contributed by atoms with Crippen LogP contribution in [0.4, 0.5) is 0 Å². The van der Waals surface area contributed by atoms with Crippen LogP contribution in [0, 0.1) is 0 Å². The number of hydrogen-bond acceptors (Lipinski definition) is 15. The summed E-state index contributed by atoms with van der Waals surface area (Å²) in [4.78, 5) is 73.0. The van der Waals surface area contributed by atoms with Crippen molar-refractivity contribution < 1.29 is 80.2 Å². The summed E-state index contributed by atoms with van der Waals surface area (Å²) in [5.74, 6) is -2.14. The summed E-state index contributed by atoms with van der Waals surface area (Å²) in [6, 6.07) is 0. The maximum atomic E-state index is 13.1. The molecule has 0 radical (unpaired) electrons. The fourth-order valence-electron chi connectivity index (χ4n) is 12.5. The summed E-state index contributed by atoms with van der Waals surface area (Å²) in [5, 5.41) is 10.6. The van der Waals surface area contributed by atoms with E-state index in [1.165, 1.54) is 244 Å². The van der Waals surface area contributed by atoms with E-state index in [1.807, 2.05) is 0 Å². The Morgan fingerprint density at radius 3 is 0.716 bits per heavy atom. The van der Waals surface area contributed by atoms with Gasteiger partial charge in [0.1, 0.15) is 19.3 Å². The van der Waals surface area contributed by atoms with Crippen LogP contribution >= 0.6 is 15.6 Å². The van der Waals surface area contributed by atoms with Gasteiger partial charge >= 0.3 is 39.5 Å². The van der Waals surface area contributed by atoms with Gasteiger partial charge in [-0.2, -0.15) is 0 Å². The van der Waals surface area contributed by atoms with Crippen molar-refractivity contribution in [2.75, 3.05) is 39.6 Å². The SMILES string of the molecule is CCCCCC/C=C\C=C/CCCCCCCC(=O)O[C@H](COC(=O)CCCCCCCCCCC)COP(=O)(O)OC[C@H](O)COP(=O)(O)OC[C@@H](COC(=O)CCCCCCCCCCCCCCCCCC)OC(=O)CCCCCCCCCCCCCCCCCCCCCCCC. The second kappa shape index (κ2) is 76.7. The third kappa shape index (κ3) is 75.8. The van der Waals surface area contributed by atoms with Gasteiger partial charge in [0.15, 0.2) is 12.2 Å². The molecule has 0 amide bonds. The van der Waals surface area contributed by atoms with Crippen molar-refractivity contribution in [1.29, 1.82) is 0 Å². The largest absolute Gasteiger partial charge is 0.472 e. The van der Waals surface area contributed by atoms with Crippen LogP contribution in [-0.2, 0) is 65.4 Å². The second-order valence-corrected chi connectivity index (χ2v) is 32.1. The molecule has 17 nitrogen and oxygen atoms in total. The number of aliphatic hydroxyl groups is 1. The van der Waals surface area contributed by atoms with Gasteiger partial charge in [-0.1, -0.05) is 373 Å². The lowest BCUT2D eigenvalue weighted by Crippen LogP contribution is -2.30. The molecule has 19 heteroatoms. The molecule has 0 heterocycles. The smallest absolute Gasteiger partial charge is 0.462 e. The van der Waals surface area contributed by atoms with E-state index in [-0.39, 0.29) is 25.7 Å². The lowest BCUT2D eigenvalue weighted by atomic mass is 10.0. The molecule has 0 aliphatic heterocycles. The maximum absolute atomic E-state index is 13.1. The van der Waals surface area contributed by atoms with E-state index < -0.39 is 97.5 Å². The molecular weight excluding hydrogens is 1330 g/mol. The van der Waals surface area contributed by atoms with Crippen molar-refractivity contribution in [2.45, 2.75) is 444 Å². The molecule has 0 aromatic rings. The molecule has 5 atom stereocenters. The summed E-state index contributed by atoms with van der Waals surface area (Å²) in [6.07, 6.45) is 73.1. The molecular formula is C83H158O17P2. The van der Waals surface area contributed by atoms with Gasteiger partial charge in [0.05, 0.1) is 26.4 Å². The van der Waals surface area contributed by atoms with Crippen molar-refractivity contribution in [3.05, 3.63) is 24.3 Å². The zero-order chi connectivity index (χ0) is 74.6. The van der Waals surface area contributed by atoms with E-state index in [1.54, 1.807) is 0 Å². The van der Waals surface area contributed by atoms with Gasteiger partial charge in [-0.25, -0.2) is 9.13 Å². The van der Waals surface area contributed by atoms with E-state index in [4.69, 9.17) is 37.0 Å². The van der Waals surface area contributed by atoms with Crippen molar-refractivity contribution in [1.82, 2.24) is 0 Å². The highest BCUT2D eigenvalue weighted by Gasteiger charge is 2.30. The predicted molar refractivity (Wildman–Crippen MR) is 418 cm³/mol. The van der Waals surface area contributed by atoms with E-state index in [2.05, 4.69) is 52.0 Å². The van der Waals surface area contributed by atoms with Crippen molar-refractivity contribution in [3.8, 4) is 0 Å². The first-order valence-corrected chi connectivity index (χ1v) is 45.6. The summed E-state index contributed by atoms with van der Waals surface area (Å²) in [5.41, 5.74) is 0. The van der Waals surface area contributed by atoms with E-state index in [0.717, 1.165) is 103 Å². The number of esters is 4. The Kier molecular flexibility index (Phi) is 74.9. The normalized spacial score (nSPS) is 13.9. The second-order valence-electron chi connectivity index (χ2n) is 29.2. The predicted octanol–water partition coefficient (Wildman–Crippen LogP) is 24.9. The Hall–Kier alpha value is -2.46. The van der Waals surface area contributed by atoms with Crippen LogP contribution in [0.5, 0.6) is 0 Å². The van der Waals surface area contributed by atoms with Gasteiger partial charge in [-0.15, -0.1) is 0 Å². The Balaban J connectivity index is 5.22. The molecule has 0 aliphatic carbocycles. The lowest BCUT2D eigenvalue weighted by Gasteiger charge is -2.21. The Morgan fingerprint density at radius 1 is 0.275 bits per heavy atom. The fraction of sp³-hybridized carbons (Fsp3) is 0.904. The van der Waals surface area contributed by atoms with E-state index in [0.29, 0.717) is 25.7 Å². The summed E-state index contributed by atoms with van der Waals surface area (Å²) in [6.45, 7) is 4.95. The number of hydrogen-bond donors (Lipinski definition) is 3. The minimum atomic E-state index is -4.97. The standard InChI is InChI=1S/C83H158O17P2/c1-5-9-13-17-21-25-28-31-34-36-37-38-39-40-41-44-47-50-54-58-62-66-70-83(88)100-79(74-94-81(86)68-64-60-56-52-48-45-43-35-32-29-26-22-18-14-10-6-2)76-98-102(91,92)96-72-77(84)71-95-101(89,90)97-75-78(73-93-80(85)67-63-59-55-51-24-20-16-12-8-4)99-82(87)69-65-61-57-53-49-46-42-33-30-27-23-19-15-11-7-3/h27,30,33,42,77-79,84H,5-26,28-29,31-32,34-41,43-76H2,1-4H3,(H,89,90)(H,91,92)/b30-27-,42-33-/t77-,78+,79+/m0/s1. The van der Waals surface area contributed by atoms with Crippen LogP contribution in [0.2, 0.25) is 0 Å². The molecule has 0 aliphatic rings. The number of carbonyl (C=O) groups excluding carboxylic acids is 4. The molecule has 0 aromatic carbocycles. The number of allylic oxidation sites excluding steroid dienone is 4. The molecule has 0 spiro atoms. The molecule has 0 aromatic heterocycles. The van der Waals surface area contributed by atoms with Crippen LogP contribution in [0.1, 0.15) is 426 Å². The fourth-order valence-corrected chi connectivity index (χ4v) is 14.0. The molecule has 0 saturated heterocycles. The topological polar surface area (TPSA) is 237 Å². The first-order valence-electron chi connectivity index (χ1n) is 42.6. The Bertz CT molecular complexity index is 2020. The van der Waals surface area contributed by atoms with Crippen LogP contribution in [0.15, 0.2) is 24.3 Å². The Labute approximate surface area is 624 Å². The minimum absolute atomic E-state index is 0.0857. The highest BCUT2D eigenvalue weighted by molar-refractivity contribution is 7.47. The van der Waals surface area contributed by atoms with Crippen LogP contribution in [0.25, 0.3) is 0 Å². The monoisotopic (exact) mass is 1490 g/mol. The van der Waals surface area contributed by atoms with Gasteiger partial charge in [0.25, 0.3) is 0 Å². The summed E-state index contributed by atoms with van der Waals surface area (Å²) < 4.78 is 68.7. The zero-order valence-electron chi connectivity index (χ0n) is 66.1. The van der Waals surface area contributed by atoms with Gasteiger partial charge < -0.3 is 33.8 Å². The number of phosphoric acid groups is 2. The number of unbranched alkanes of at least 4 members (excludes halogenated alkanes) is 53. The van der Waals surface area contributed by atoms with Crippen LogP contribution in [-0.4, -0.2) is 96.7 Å². The number of carbonyl (C=O) groups is 4. The number of aliphatic hydroxyl groups excluding tert-OH is 1. The maximum Gasteiger partial charge on any atom is 0.472 e. The van der Waals surface area contributed by atoms with Gasteiger partial charge in [0, 0.05) is 25.7 Å². The van der Waals surface area contributed by atoms with Gasteiger partial charge in [-0.3, -0.25) is 37.3 Å². The molecule has 0 saturated carbocycles. The summed E-state index contributed by atoms with van der Waals surface area (Å²) >= 11 is 0. The first-order chi connectivity index (χ1) is 49.7. The molecule has 602 valence electrons. The van der Waals surface area contributed by atoms with Crippen molar-refractivity contribution >= 4 is 39.5 Å². The molecule has 0 fully saturated rings. The lowest BCUT2D eigenvalue weighted by molar-refractivity contribution is -0.161. The van der Waals surface area contributed by atoms with Gasteiger partial charge in [-0.05, 0) is 51.4 Å². The van der Waals surface area contributed by atoms with Crippen LogP contribution < -0.4 is 0 Å². The molecule has 0 bridgehead atoms. The van der Waals surface area contributed by atoms with E-state index >= 15 is 0 Å². The summed E-state index contributed by atoms with van der Waals surface area (Å²) in [7, 11) is -9.93. The van der Waals surface area contributed by atoms with Gasteiger partial charge in [0.2, 0.25) is 0 Å². The molecule has 0 rings (SSSR count). The Morgan fingerprint density at radius 2 is 0.471 bits per heavy atom. The minimum Gasteiger partial charge on any atom is -0.462 e. The molecule has 2 unspecified atom stereocenters. The van der Waals surface area contributed by atoms with E-state index in [9.17, 15) is 43.2 Å². The van der Waals surface area contributed by atoms with Crippen LogP contribution in [0.3, 0.4) is 0 Å².